The van der Waals surface area contributed by atoms with Gasteiger partial charge in [0.1, 0.15) is 5.82 Å². The summed E-state index contributed by atoms with van der Waals surface area (Å²) in [7, 11) is -3.43. The topological polar surface area (TPSA) is 40.6 Å². The van der Waals surface area contributed by atoms with E-state index in [0.29, 0.717) is 18.7 Å². The summed E-state index contributed by atoms with van der Waals surface area (Å²) in [5.74, 6) is -0.419. The Morgan fingerprint density at radius 3 is 2.15 bits per heavy atom. The van der Waals surface area contributed by atoms with Crippen molar-refractivity contribution >= 4 is 15.7 Å². The number of sulfonamides is 1. The third kappa shape index (κ3) is 4.07. The predicted molar refractivity (Wildman–Crippen MR) is 103 cm³/mol. The summed E-state index contributed by atoms with van der Waals surface area (Å²) in [4.78, 5) is 2.27. The maximum absolute atomic E-state index is 13.8. The number of halogens is 1. The van der Waals surface area contributed by atoms with Crippen molar-refractivity contribution in [1.82, 2.24) is 4.31 Å². The lowest BCUT2D eigenvalue weighted by atomic mass is 10.1. The van der Waals surface area contributed by atoms with Crippen molar-refractivity contribution in [3.8, 4) is 0 Å². The molecular weight excluding hydrogens is 351 g/mol. The molecule has 0 saturated carbocycles. The van der Waals surface area contributed by atoms with Gasteiger partial charge in [-0.05, 0) is 44.0 Å². The summed E-state index contributed by atoms with van der Waals surface area (Å²) in [6.07, 6.45) is 0.191. The highest BCUT2D eigenvalue weighted by Crippen LogP contribution is 2.26. The fourth-order valence-corrected chi connectivity index (χ4v) is 5.30. The van der Waals surface area contributed by atoms with Gasteiger partial charge < -0.3 is 4.90 Å². The van der Waals surface area contributed by atoms with E-state index < -0.39 is 10.0 Å². The molecule has 0 aliphatic carbocycles. The van der Waals surface area contributed by atoms with Gasteiger partial charge in [-0.3, -0.25) is 0 Å². The van der Waals surface area contributed by atoms with Gasteiger partial charge in [0, 0.05) is 30.9 Å². The fourth-order valence-electron chi connectivity index (χ4n) is 3.68. The first-order chi connectivity index (χ1) is 12.4. The molecule has 2 unspecified atom stereocenters. The standard InChI is InChI=1S/C20H25FN2O2S/c1-16-14-22(15-17(2)23(16)19-9-4-3-5-10-19)26(24,25)13-12-18-8-6-7-11-20(18)21/h3-11,16-17H,12-15H2,1-2H3. The fraction of sp³-hybridized carbons (Fsp3) is 0.400. The summed E-state index contributed by atoms with van der Waals surface area (Å²) in [6.45, 7) is 4.97. The van der Waals surface area contributed by atoms with Crippen molar-refractivity contribution < 1.29 is 12.8 Å². The molecule has 140 valence electrons. The first-order valence-electron chi connectivity index (χ1n) is 8.93. The molecule has 1 heterocycles. The molecule has 1 aliphatic heterocycles. The highest BCUT2D eigenvalue weighted by Gasteiger charge is 2.35. The highest BCUT2D eigenvalue weighted by molar-refractivity contribution is 7.89. The Morgan fingerprint density at radius 1 is 0.962 bits per heavy atom. The normalized spacial score (nSPS) is 21.7. The molecule has 1 aliphatic rings. The number of nitrogens with zero attached hydrogens (tertiary/aromatic N) is 2. The summed E-state index contributed by atoms with van der Waals surface area (Å²) in [5.41, 5.74) is 1.55. The number of hydrogen-bond acceptors (Lipinski definition) is 3. The van der Waals surface area contributed by atoms with E-state index in [1.807, 2.05) is 32.0 Å². The summed E-state index contributed by atoms with van der Waals surface area (Å²) < 4.78 is 40.9. The van der Waals surface area contributed by atoms with Crippen LogP contribution in [0.1, 0.15) is 19.4 Å². The Bertz CT molecular complexity index is 830. The van der Waals surface area contributed by atoms with Crippen molar-refractivity contribution in [3.63, 3.8) is 0 Å². The number of aryl methyl sites for hydroxylation is 1. The first-order valence-corrected chi connectivity index (χ1v) is 10.5. The third-order valence-corrected chi connectivity index (χ3v) is 6.73. The lowest BCUT2D eigenvalue weighted by Crippen LogP contribution is -2.58. The van der Waals surface area contributed by atoms with Crippen LogP contribution in [0.2, 0.25) is 0 Å². The second-order valence-electron chi connectivity index (χ2n) is 6.92. The van der Waals surface area contributed by atoms with Crippen molar-refractivity contribution in [2.75, 3.05) is 23.7 Å². The van der Waals surface area contributed by atoms with Gasteiger partial charge in [-0.25, -0.2) is 12.8 Å². The molecule has 2 atom stereocenters. The van der Waals surface area contributed by atoms with E-state index in [9.17, 15) is 12.8 Å². The number of hydrogen-bond donors (Lipinski definition) is 0. The summed E-state index contributed by atoms with van der Waals surface area (Å²) >= 11 is 0. The van der Waals surface area contributed by atoms with Gasteiger partial charge in [0.15, 0.2) is 0 Å². The molecule has 0 amide bonds. The van der Waals surface area contributed by atoms with Crippen molar-refractivity contribution in [1.29, 1.82) is 0 Å². The third-order valence-electron chi connectivity index (χ3n) is 4.92. The van der Waals surface area contributed by atoms with Crippen LogP contribution in [0.3, 0.4) is 0 Å². The molecule has 26 heavy (non-hydrogen) atoms. The molecule has 3 rings (SSSR count). The van der Waals surface area contributed by atoms with Gasteiger partial charge in [0.25, 0.3) is 0 Å². The predicted octanol–water partition coefficient (Wildman–Crippen LogP) is 3.30. The zero-order chi connectivity index (χ0) is 18.7. The number of piperazine rings is 1. The Kier molecular flexibility index (Phi) is 5.63. The monoisotopic (exact) mass is 376 g/mol. The minimum atomic E-state index is -3.43. The Balaban J connectivity index is 1.69. The summed E-state index contributed by atoms with van der Waals surface area (Å²) in [5, 5.41) is 0. The quantitative estimate of drug-likeness (QED) is 0.804. The lowest BCUT2D eigenvalue weighted by molar-refractivity contribution is 0.301. The molecule has 1 fully saturated rings. The molecule has 0 N–H and O–H groups in total. The van der Waals surface area contributed by atoms with Gasteiger partial charge >= 0.3 is 0 Å². The highest BCUT2D eigenvalue weighted by atomic mass is 32.2. The smallest absolute Gasteiger partial charge is 0.214 e. The number of anilines is 1. The van der Waals surface area contributed by atoms with Crippen LogP contribution in [-0.2, 0) is 16.4 Å². The Morgan fingerprint density at radius 2 is 1.54 bits per heavy atom. The zero-order valence-electron chi connectivity index (χ0n) is 15.2. The van der Waals surface area contributed by atoms with Crippen LogP contribution in [0.5, 0.6) is 0 Å². The zero-order valence-corrected chi connectivity index (χ0v) is 16.0. The second kappa shape index (κ2) is 7.76. The number of rotatable bonds is 5. The minimum Gasteiger partial charge on any atom is -0.363 e. The summed E-state index contributed by atoms with van der Waals surface area (Å²) in [6, 6.07) is 16.6. The van der Waals surface area contributed by atoms with E-state index >= 15 is 0 Å². The van der Waals surface area contributed by atoms with Crippen LogP contribution in [0.4, 0.5) is 10.1 Å². The van der Waals surface area contributed by atoms with Gasteiger partial charge in [0.05, 0.1) is 5.75 Å². The van der Waals surface area contributed by atoms with Gasteiger partial charge in [-0.1, -0.05) is 36.4 Å². The maximum Gasteiger partial charge on any atom is 0.214 e. The van der Waals surface area contributed by atoms with Gasteiger partial charge in [-0.2, -0.15) is 4.31 Å². The van der Waals surface area contributed by atoms with E-state index in [-0.39, 0.29) is 30.1 Å². The maximum atomic E-state index is 13.8. The van der Waals surface area contributed by atoms with Crippen LogP contribution in [0, 0.1) is 5.82 Å². The number of para-hydroxylation sites is 1. The Hall–Kier alpha value is -1.92. The van der Waals surface area contributed by atoms with Crippen LogP contribution in [0.25, 0.3) is 0 Å². The van der Waals surface area contributed by atoms with E-state index in [0.717, 1.165) is 5.69 Å². The molecule has 0 spiro atoms. The molecule has 4 nitrogen and oxygen atoms in total. The van der Waals surface area contributed by atoms with Crippen molar-refractivity contribution in [2.24, 2.45) is 0 Å². The largest absolute Gasteiger partial charge is 0.363 e. The number of benzene rings is 2. The molecule has 0 aromatic heterocycles. The van der Waals surface area contributed by atoms with Crippen LogP contribution in [0.15, 0.2) is 54.6 Å². The average Bonchev–Trinajstić information content (AvgIpc) is 2.61. The van der Waals surface area contributed by atoms with Gasteiger partial charge in [-0.15, -0.1) is 0 Å². The van der Waals surface area contributed by atoms with E-state index in [4.69, 9.17) is 0 Å². The molecule has 0 radical (unpaired) electrons. The molecule has 1 saturated heterocycles. The van der Waals surface area contributed by atoms with Crippen LogP contribution in [-0.4, -0.2) is 43.6 Å². The molecule has 6 heteroatoms. The molecule has 2 aromatic rings. The van der Waals surface area contributed by atoms with Crippen molar-refractivity contribution in [3.05, 3.63) is 66.0 Å². The van der Waals surface area contributed by atoms with Crippen LogP contribution < -0.4 is 4.90 Å². The first kappa shape index (κ1) is 18.9. The van der Waals surface area contributed by atoms with Crippen LogP contribution >= 0.6 is 0 Å². The molecule has 2 aromatic carbocycles. The molecule has 0 bridgehead atoms. The SMILES string of the molecule is CC1CN(S(=O)(=O)CCc2ccccc2F)CC(C)N1c1ccccc1. The van der Waals surface area contributed by atoms with E-state index in [1.54, 1.807) is 22.5 Å². The van der Waals surface area contributed by atoms with E-state index in [1.165, 1.54) is 6.07 Å². The minimum absolute atomic E-state index is 0.0707. The average molecular weight is 376 g/mol. The Labute approximate surface area is 155 Å². The molecular formula is C20H25FN2O2S. The van der Waals surface area contributed by atoms with Crippen molar-refractivity contribution in [2.45, 2.75) is 32.4 Å². The second-order valence-corrected chi connectivity index (χ2v) is 9.00. The lowest BCUT2D eigenvalue weighted by Gasteiger charge is -2.45. The van der Waals surface area contributed by atoms with E-state index in [2.05, 4.69) is 17.0 Å². The van der Waals surface area contributed by atoms with Gasteiger partial charge in [0.2, 0.25) is 10.0 Å².